The van der Waals surface area contributed by atoms with E-state index >= 15 is 0 Å². The lowest BCUT2D eigenvalue weighted by atomic mass is 9.84. The molecular weight excluding hydrogens is 244 g/mol. The highest BCUT2D eigenvalue weighted by molar-refractivity contribution is 7.99. The van der Waals surface area contributed by atoms with Gasteiger partial charge in [-0.15, -0.1) is 0 Å². The smallest absolute Gasteiger partial charge is 0.225 e. The van der Waals surface area contributed by atoms with Crippen molar-refractivity contribution in [2.24, 2.45) is 5.92 Å². The van der Waals surface area contributed by atoms with Crippen molar-refractivity contribution in [1.29, 1.82) is 0 Å². The average molecular weight is 270 g/mol. The predicted molar refractivity (Wildman–Crippen MR) is 78.0 cm³/mol. The van der Waals surface area contributed by atoms with Gasteiger partial charge in [0.15, 0.2) is 0 Å². The molecule has 1 amide bonds. The lowest BCUT2D eigenvalue weighted by molar-refractivity contribution is -0.140. The van der Waals surface area contributed by atoms with Crippen LogP contribution in [0.4, 0.5) is 0 Å². The first kappa shape index (κ1) is 14.2. The van der Waals surface area contributed by atoms with Crippen molar-refractivity contribution in [2.75, 3.05) is 37.7 Å². The zero-order valence-electron chi connectivity index (χ0n) is 11.7. The number of hydrogen-bond acceptors (Lipinski definition) is 3. The second-order valence-electron chi connectivity index (χ2n) is 5.50. The number of amides is 1. The van der Waals surface area contributed by atoms with E-state index in [1.165, 1.54) is 17.9 Å². The summed E-state index contributed by atoms with van der Waals surface area (Å²) in [4.78, 5) is 16.8. The summed E-state index contributed by atoms with van der Waals surface area (Å²) in [5.74, 6) is 3.21. The van der Waals surface area contributed by atoms with Crippen molar-refractivity contribution in [3.63, 3.8) is 0 Å². The van der Waals surface area contributed by atoms with Gasteiger partial charge in [0.2, 0.25) is 5.91 Å². The molecule has 3 nitrogen and oxygen atoms in total. The van der Waals surface area contributed by atoms with E-state index in [2.05, 4.69) is 23.6 Å². The molecule has 0 aromatic heterocycles. The van der Waals surface area contributed by atoms with Crippen LogP contribution in [0, 0.1) is 5.92 Å². The molecule has 1 aliphatic heterocycles. The minimum atomic E-state index is 0.365. The zero-order chi connectivity index (χ0) is 13.0. The minimum absolute atomic E-state index is 0.365. The summed E-state index contributed by atoms with van der Waals surface area (Å²) in [6.45, 7) is 8.53. The molecule has 1 saturated heterocycles. The molecule has 0 aromatic carbocycles. The van der Waals surface area contributed by atoms with Crippen LogP contribution >= 0.6 is 11.8 Å². The van der Waals surface area contributed by atoms with Gasteiger partial charge < -0.3 is 4.90 Å². The summed E-state index contributed by atoms with van der Waals surface area (Å²) in [5.41, 5.74) is 0. The summed E-state index contributed by atoms with van der Waals surface area (Å²) in [5, 5.41) is 0. The summed E-state index contributed by atoms with van der Waals surface area (Å²) >= 11 is 2.01. The highest BCUT2D eigenvalue weighted by atomic mass is 32.2. The van der Waals surface area contributed by atoms with E-state index in [0.29, 0.717) is 17.9 Å². The maximum Gasteiger partial charge on any atom is 0.225 e. The molecule has 0 N–H and O–H groups in total. The van der Waals surface area contributed by atoms with Crippen LogP contribution < -0.4 is 0 Å². The lowest BCUT2D eigenvalue weighted by Crippen LogP contribution is -2.53. The van der Waals surface area contributed by atoms with Gasteiger partial charge in [-0.25, -0.2) is 0 Å². The Hall–Kier alpha value is -0.220. The van der Waals surface area contributed by atoms with Crippen molar-refractivity contribution in [3.8, 4) is 0 Å². The van der Waals surface area contributed by atoms with Crippen LogP contribution in [0.3, 0.4) is 0 Å². The lowest BCUT2D eigenvalue weighted by Gasteiger charge is -2.40. The maximum absolute atomic E-state index is 12.1. The molecule has 18 heavy (non-hydrogen) atoms. The van der Waals surface area contributed by atoms with Crippen LogP contribution in [0.2, 0.25) is 0 Å². The quantitative estimate of drug-likeness (QED) is 0.764. The normalized spacial score (nSPS) is 23.8. The van der Waals surface area contributed by atoms with E-state index in [1.807, 2.05) is 11.8 Å². The molecule has 0 spiro atoms. The van der Waals surface area contributed by atoms with E-state index in [9.17, 15) is 4.79 Å². The molecule has 2 aliphatic rings. The van der Waals surface area contributed by atoms with Crippen LogP contribution in [0.25, 0.3) is 0 Å². The Morgan fingerprint density at radius 3 is 2.44 bits per heavy atom. The fraction of sp³-hybridized carbons (Fsp3) is 0.929. The highest BCUT2D eigenvalue weighted by Gasteiger charge is 2.31. The first-order valence-corrected chi connectivity index (χ1v) is 8.48. The Balaban J connectivity index is 1.71. The molecular formula is C14H26N2OS. The van der Waals surface area contributed by atoms with E-state index in [4.69, 9.17) is 0 Å². The van der Waals surface area contributed by atoms with Gasteiger partial charge in [-0.2, -0.15) is 11.8 Å². The number of hydrogen-bond donors (Lipinski definition) is 0. The van der Waals surface area contributed by atoms with E-state index in [0.717, 1.165) is 39.0 Å². The average Bonchev–Trinajstić information content (AvgIpc) is 2.34. The zero-order valence-corrected chi connectivity index (χ0v) is 12.5. The molecule has 1 unspecified atom stereocenters. The largest absolute Gasteiger partial charge is 0.340 e. The van der Waals surface area contributed by atoms with Crippen molar-refractivity contribution in [1.82, 2.24) is 9.80 Å². The van der Waals surface area contributed by atoms with Crippen molar-refractivity contribution < 1.29 is 4.79 Å². The third-order valence-electron chi connectivity index (χ3n) is 4.27. The number of thioether (sulfide) groups is 1. The molecule has 1 aliphatic carbocycles. The Labute approximate surface area is 115 Å². The first-order chi connectivity index (χ1) is 8.72. The van der Waals surface area contributed by atoms with Gasteiger partial charge in [0.25, 0.3) is 0 Å². The number of carbonyl (C=O) groups is 1. The van der Waals surface area contributed by atoms with E-state index in [-0.39, 0.29) is 0 Å². The first-order valence-electron chi connectivity index (χ1n) is 7.33. The Bertz CT molecular complexity index is 273. The van der Waals surface area contributed by atoms with Crippen molar-refractivity contribution in [2.45, 2.75) is 39.2 Å². The topological polar surface area (TPSA) is 23.6 Å². The third-order valence-corrected chi connectivity index (χ3v) is 5.39. The number of piperazine rings is 1. The van der Waals surface area contributed by atoms with E-state index in [1.54, 1.807) is 0 Å². The molecule has 0 bridgehead atoms. The van der Waals surface area contributed by atoms with Crippen LogP contribution in [0.1, 0.15) is 33.1 Å². The Morgan fingerprint density at radius 1 is 1.28 bits per heavy atom. The molecule has 1 heterocycles. The van der Waals surface area contributed by atoms with Crippen LogP contribution in [0.15, 0.2) is 0 Å². The second-order valence-corrected chi connectivity index (χ2v) is 6.82. The van der Waals surface area contributed by atoms with Gasteiger partial charge in [-0.3, -0.25) is 9.69 Å². The predicted octanol–water partition coefficient (Wildman–Crippen LogP) is 2.07. The van der Waals surface area contributed by atoms with Crippen LogP contribution in [-0.2, 0) is 4.79 Å². The van der Waals surface area contributed by atoms with Gasteiger partial charge in [0.1, 0.15) is 0 Å². The van der Waals surface area contributed by atoms with E-state index < -0.39 is 0 Å². The SMILES string of the molecule is CCSCC(C)N1CCN(C(=O)C2CCC2)CC1. The monoisotopic (exact) mass is 270 g/mol. The number of nitrogens with zero attached hydrogens (tertiary/aromatic N) is 2. The minimum Gasteiger partial charge on any atom is -0.340 e. The molecule has 0 radical (unpaired) electrons. The molecule has 1 atom stereocenters. The number of carbonyl (C=O) groups excluding carboxylic acids is 1. The Kier molecular flexibility index (Phi) is 5.37. The van der Waals surface area contributed by atoms with Gasteiger partial charge in [-0.05, 0) is 25.5 Å². The van der Waals surface area contributed by atoms with Crippen molar-refractivity contribution >= 4 is 17.7 Å². The molecule has 1 saturated carbocycles. The fourth-order valence-electron chi connectivity index (χ4n) is 2.69. The summed E-state index contributed by atoms with van der Waals surface area (Å²) in [7, 11) is 0. The van der Waals surface area contributed by atoms with Gasteiger partial charge in [0.05, 0.1) is 0 Å². The molecule has 2 fully saturated rings. The second kappa shape index (κ2) is 6.80. The highest BCUT2D eigenvalue weighted by Crippen LogP contribution is 2.28. The molecule has 4 heteroatoms. The van der Waals surface area contributed by atoms with Gasteiger partial charge in [-0.1, -0.05) is 13.3 Å². The molecule has 104 valence electrons. The number of rotatable bonds is 5. The summed E-state index contributed by atoms with van der Waals surface area (Å²) in [6.07, 6.45) is 3.51. The van der Waals surface area contributed by atoms with Gasteiger partial charge >= 0.3 is 0 Å². The maximum atomic E-state index is 12.1. The fourth-order valence-corrected chi connectivity index (χ4v) is 3.48. The van der Waals surface area contributed by atoms with Crippen molar-refractivity contribution in [3.05, 3.63) is 0 Å². The van der Waals surface area contributed by atoms with Gasteiger partial charge in [0, 0.05) is 43.9 Å². The molecule has 0 aromatic rings. The van der Waals surface area contributed by atoms with Crippen LogP contribution in [0.5, 0.6) is 0 Å². The summed E-state index contributed by atoms with van der Waals surface area (Å²) < 4.78 is 0. The molecule has 2 rings (SSSR count). The standard InChI is InChI=1S/C14H26N2OS/c1-3-18-11-12(2)15-7-9-16(10-8-15)14(17)13-5-4-6-13/h12-13H,3-11H2,1-2H3. The Morgan fingerprint density at radius 2 is 1.94 bits per heavy atom. The summed E-state index contributed by atoms with van der Waals surface area (Å²) in [6, 6.07) is 0.649. The third kappa shape index (κ3) is 3.41. The van der Waals surface area contributed by atoms with Crippen LogP contribution in [-0.4, -0.2) is 59.4 Å².